The lowest BCUT2D eigenvalue weighted by Crippen LogP contribution is -2.39. The molecule has 1 fully saturated rings. The molecule has 144 valence electrons. The predicted molar refractivity (Wildman–Crippen MR) is 110 cm³/mol. The summed E-state index contributed by atoms with van der Waals surface area (Å²) in [5, 5.41) is 6.13. The number of rotatable bonds is 5. The van der Waals surface area contributed by atoms with Crippen molar-refractivity contribution < 1.29 is 14.3 Å². The second kappa shape index (κ2) is 7.85. The fourth-order valence-corrected chi connectivity index (χ4v) is 4.08. The first-order valence-corrected chi connectivity index (χ1v) is 9.90. The van der Waals surface area contributed by atoms with Crippen LogP contribution in [0.1, 0.15) is 13.3 Å². The topological polar surface area (TPSA) is 83.6 Å². The summed E-state index contributed by atoms with van der Waals surface area (Å²) in [4.78, 5) is 30.7. The second-order valence-corrected chi connectivity index (χ2v) is 7.45. The minimum atomic E-state index is -0.364. The fraction of sp³-hybridized carbons (Fsp3) is 0.250. The van der Waals surface area contributed by atoms with Gasteiger partial charge in [-0.05, 0) is 37.3 Å². The van der Waals surface area contributed by atoms with E-state index in [1.807, 2.05) is 55.5 Å². The number of hydrogen-bond donors (Lipinski definition) is 2. The van der Waals surface area contributed by atoms with E-state index in [1.54, 1.807) is 4.90 Å². The number of thiazole rings is 1. The Morgan fingerprint density at radius 2 is 2.11 bits per heavy atom. The second-order valence-electron chi connectivity index (χ2n) is 6.42. The van der Waals surface area contributed by atoms with Gasteiger partial charge in [0, 0.05) is 18.7 Å². The van der Waals surface area contributed by atoms with Crippen molar-refractivity contribution in [2.45, 2.75) is 19.4 Å². The Morgan fingerprint density at radius 3 is 2.89 bits per heavy atom. The van der Waals surface area contributed by atoms with Gasteiger partial charge in [-0.15, -0.1) is 0 Å². The number of carbonyl (C=O) groups is 2. The summed E-state index contributed by atoms with van der Waals surface area (Å²) in [6.45, 7) is 2.98. The molecule has 1 aliphatic rings. The SMILES string of the molecule is CCOc1ccc2nc(NC(=O)N[C@H]3CC(=O)N(c4ccccc4)C3)sc2c1. The molecular formula is C20H20N4O3S. The highest BCUT2D eigenvalue weighted by Crippen LogP contribution is 2.29. The molecule has 0 saturated carbocycles. The van der Waals surface area contributed by atoms with Crippen LogP contribution in [0.2, 0.25) is 0 Å². The Bertz CT molecular complexity index is 1010. The van der Waals surface area contributed by atoms with Crippen LogP contribution in [0.25, 0.3) is 10.2 Å². The number of amides is 3. The lowest BCUT2D eigenvalue weighted by atomic mass is 10.2. The first-order chi connectivity index (χ1) is 13.6. The van der Waals surface area contributed by atoms with E-state index in [0.29, 0.717) is 18.3 Å². The van der Waals surface area contributed by atoms with Crippen molar-refractivity contribution in [3.8, 4) is 5.75 Å². The number of fused-ring (bicyclic) bond motifs is 1. The molecule has 3 aromatic rings. The number of para-hydroxylation sites is 1. The summed E-state index contributed by atoms with van der Waals surface area (Å²) in [6.07, 6.45) is 0.278. The number of aromatic nitrogens is 1. The normalized spacial score (nSPS) is 16.4. The van der Waals surface area contributed by atoms with Crippen molar-refractivity contribution in [2.24, 2.45) is 0 Å². The van der Waals surface area contributed by atoms with Gasteiger partial charge in [0.1, 0.15) is 5.75 Å². The van der Waals surface area contributed by atoms with Crippen LogP contribution in [0.15, 0.2) is 48.5 Å². The first-order valence-electron chi connectivity index (χ1n) is 9.08. The van der Waals surface area contributed by atoms with Crippen molar-refractivity contribution >= 4 is 44.3 Å². The van der Waals surface area contributed by atoms with Crippen molar-refractivity contribution in [3.05, 3.63) is 48.5 Å². The number of anilines is 2. The maximum Gasteiger partial charge on any atom is 0.321 e. The summed E-state index contributed by atoms with van der Waals surface area (Å²) in [7, 11) is 0. The number of nitrogens with zero attached hydrogens (tertiary/aromatic N) is 2. The van der Waals surface area contributed by atoms with Crippen LogP contribution in [-0.4, -0.2) is 36.1 Å². The van der Waals surface area contributed by atoms with Crippen LogP contribution in [-0.2, 0) is 4.79 Å². The van der Waals surface area contributed by atoms with Gasteiger partial charge in [0.2, 0.25) is 5.91 Å². The van der Waals surface area contributed by atoms with Gasteiger partial charge in [-0.3, -0.25) is 10.1 Å². The highest BCUT2D eigenvalue weighted by molar-refractivity contribution is 7.22. The average Bonchev–Trinajstić information content (AvgIpc) is 3.24. The molecular weight excluding hydrogens is 376 g/mol. The molecule has 0 spiro atoms. The third-order valence-electron chi connectivity index (χ3n) is 4.42. The molecule has 2 N–H and O–H groups in total. The van der Waals surface area contributed by atoms with E-state index >= 15 is 0 Å². The van der Waals surface area contributed by atoms with E-state index < -0.39 is 0 Å². The Balaban J connectivity index is 1.38. The molecule has 1 aromatic heterocycles. The third-order valence-corrected chi connectivity index (χ3v) is 5.35. The monoisotopic (exact) mass is 396 g/mol. The number of benzene rings is 2. The van der Waals surface area contributed by atoms with Crippen molar-refractivity contribution in [1.29, 1.82) is 0 Å². The Morgan fingerprint density at radius 1 is 1.29 bits per heavy atom. The summed E-state index contributed by atoms with van der Waals surface area (Å²) in [5.41, 5.74) is 1.64. The number of carbonyl (C=O) groups excluding carboxylic acids is 2. The third kappa shape index (κ3) is 3.91. The van der Waals surface area contributed by atoms with Gasteiger partial charge in [-0.25, -0.2) is 9.78 Å². The summed E-state index contributed by atoms with van der Waals surface area (Å²) >= 11 is 1.38. The molecule has 2 aromatic carbocycles. The molecule has 28 heavy (non-hydrogen) atoms. The number of urea groups is 1. The van der Waals surface area contributed by atoms with Crippen LogP contribution in [0.3, 0.4) is 0 Å². The maximum atomic E-state index is 12.4. The molecule has 0 aliphatic carbocycles. The molecule has 1 saturated heterocycles. The molecule has 0 radical (unpaired) electrons. The average molecular weight is 396 g/mol. The quantitative estimate of drug-likeness (QED) is 0.690. The van der Waals surface area contributed by atoms with E-state index in [9.17, 15) is 9.59 Å². The van der Waals surface area contributed by atoms with Gasteiger partial charge in [0.25, 0.3) is 0 Å². The van der Waals surface area contributed by atoms with E-state index in [-0.39, 0.29) is 24.4 Å². The Labute approximate surface area is 166 Å². The van der Waals surface area contributed by atoms with Crippen molar-refractivity contribution in [1.82, 2.24) is 10.3 Å². The van der Waals surface area contributed by atoms with Crippen molar-refractivity contribution in [2.75, 3.05) is 23.4 Å². The molecule has 7 nitrogen and oxygen atoms in total. The molecule has 0 bridgehead atoms. The van der Waals surface area contributed by atoms with Gasteiger partial charge >= 0.3 is 6.03 Å². The Kier molecular flexibility index (Phi) is 5.12. The van der Waals surface area contributed by atoms with Gasteiger partial charge in [-0.2, -0.15) is 0 Å². The van der Waals surface area contributed by atoms with Crippen LogP contribution < -0.4 is 20.3 Å². The zero-order valence-electron chi connectivity index (χ0n) is 15.3. The number of ether oxygens (including phenoxy) is 1. The fourth-order valence-electron chi connectivity index (χ4n) is 3.20. The largest absolute Gasteiger partial charge is 0.494 e. The predicted octanol–water partition coefficient (Wildman–Crippen LogP) is 3.62. The van der Waals surface area contributed by atoms with Gasteiger partial charge in [-0.1, -0.05) is 29.5 Å². The number of nitrogens with one attached hydrogen (secondary N) is 2. The van der Waals surface area contributed by atoms with Crippen LogP contribution in [0, 0.1) is 0 Å². The maximum absolute atomic E-state index is 12.4. The zero-order chi connectivity index (χ0) is 19.5. The van der Waals surface area contributed by atoms with Crippen LogP contribution in [0.5, 0.6) is 5.75 Å². The first kappa shape index (κ1) is 18.2. The minimum Gasteiger partial charge on any atom is -0.494 e. The van der Waals surface area contributed by atoms with Gasteiger partial charge < -0.3 is 15.0 Å². The molecule has 2 heterocycles. The molecule has 4 rings (SSSR count). The van der Waals surface area contributed by atoms with Crippen LogP contribution in [0.4, 0.5) is 15.6 Å². The summed E-state index contributed by atoms with van der Waals surface area (Å²) in [5.74, 6) is 0.778. The molecule has 1 aliphatic heterocycles. The summed E-state index contributed by atoms with van der Waals surface area (Å²) < 4.78 is 6.43. The molecule has 8 heteroatoms. The smallest absolute Gasteiger partial charge is 0.321 e. The number of hydrogen-bond acceptors (Lipinski definition) is 5. The lowest BCUT2D eigenvalue weighted by molar-refractivity contribution is -0.117. The molecule has 1 atom stereocenters. The van der Waals surface area contributed by atoms with E-state index in [0.717, 1.165) is 21.7 Å². The zero-order valence-corrected chi connectivity index (χ0v) is 16.2. The Hall–Kier alpha value is -3.13. The van der Waals surface area contributed by atoms with Crippen LogP contribution >= 0.6 is 11.3 Å². The highest BCUT2D eigenvalue weighted by atomic mass is 32.1. The van der Waals surface area contributed by atoms with E-state index in [4.69, 9.17) is 4.74 Å². The van der Waals surface area contributed by atoms with Crippen molar-refractivity contribution in [3.63, 3.8) is 0 Å². The van der Waals surface area contributed by atoms with E-state index in [1.165, 1.54) is 11.3 Å². The standard InChI is InChI=1S/C20H20N4O3S/c1-2-27-15-8-9-16-17(11-15)28-20(22-16)23-19(26)21-13-10-18(25)24(12-13)14-6-4-3-5-7-14/h3-9,11,13H,2,10,12H2,1H3,(H2,21,22,23,26)/t13-/m0/s1. The van der Waals surface area contributed by atoms with E-state index in [2.05, 4.69) is 15.6 Å². The highest BCUT2D eigenvalue weighted by Gasteiger charge is 2.31. The van der Waals surface area contributed by atoms with Gasteiger partial charge in [0.15, 0.2) is 5.13 Å². The lowest BCUT2D eigenvalue weighted by Gasteiger charge is -2.17. The van der Waals surface area contributed by atoms with Gasteiger partial charge in [0.05, 0.1) is 22.9 Å². The summed E-state index contributed by atoms with van der Waals surface area (Å²) in [6, 6.07) is 14.5. The minimum absolute atomic E-state index is 0.0000550. The molecule has 3 amide bonds. The molecule has 0 unspecified atom stereocenters.